The third kappa shape index (κ3) is 4.50. The first-order chi connectivity index (χ1) is 8.95. The first-order valence-corrected chi connectivity index (χ1v) is 5.97. The van der Waals surface area contributed by atoms with Crippen molar-refractivity contribution in [3.8, 4) is 0 Å². The average Bonchev–Trinajstić information content (AvgIpc) is 2.38. The summed E-state index contributed by atoms with van der Waals surface area (Å²) in [5, 5.41) is 11.0. The first-order valence-electron chi connectivity index (χ1n) is 5.59. The van der Waals surface area contributed by atoms with Crippen LogP contribution in [0.2, 0.25) is 5.02 Å². The lowest BCUT2D eigenvalue weighted by Crippen LogP contribution is -2.13. The van der Waals surface area contributed by atoms with Crippen molar-refractivity contribution < 1.29 is 19.2 Å². The van der Waals surface area contributed by atoms with Gasteiger partial charge in [-0.2, -0.15) is 0 Å². The summed E-state index contributed by atoms with van der Waals surface area (Å²) in [6, 6.07) is 3.81. The minimum Gasteiger partial charge on any atom is -0.462 e. The van der Waals surface area contributed by atoms with Crippen molar-refractivity contribution in [2.45, 2.75) is 19.4 Å². The summed E-state index contributed by atoms with van der Waals surface area (Å²) in [7, 11) is 1.55. The van der Waals surface area contributed by atoms with Gasteiger partial charge in [-0.25, -0.2) is 4.79 Å². The molecule has 104 valence electrons. The number of hydrogen-bond donors (Lipinski definition) is 0. The van der Waals surface area contributed by atoms with Gasteiger partial charge in [0, 0.05) is 24.6 Å². The lowest BCUT2D eigenvalue weighted by molar-refractivity contribution is -0.385. The smallest absolute Gasteiger partial charge is 0.345 e. The number of halogens is 1. The van der Waals surface area contributed by atoms with E-state index in [0.717, 1.165) is 6.07 Å². The molecule has 1 aromatic carbocycles. The number of esters is 1. The Kier molecular flexibility index (Phi) is 5.72. The van der Waals surface area contributed by atoms with Crippen molar-refractivity contribution in [2.24, 2.45) is 0 Å². The number of hydrogen-bond acceptors (Lipinski definition) is 5. The summed E-state index contributed by atoms with van der Waals surface area (Å²) in [6.07, 6.45) is 0.469. The van der Waals surface area contributed by atoms with E-state index < -0.39 is 10.9 Å². The van der Waals surface area contributed by atoms with Crippen LogP contribution in [0.5, 0.6) is 0 Å². The van der Waals surface area contributed by atoms with E-state index in [9.17, 15) is 14.9 Å². The summed E-state index contributed by atoms with van der Waals surface area (Å²) in [6.45, 7) is 1.96. The number of carbonyl (C=O) groups excluding carboxylic acids is 1. The molecule has 0 N–H and O–H groups in total. The van der Waals surface area contributed by atoms with Crippen molar-refractivity contribution in [1.82, 2.24) is 0 Å². The fourth-order valence-corrected chi connectivity index (χ4v) is 1.51. The van der Waals surface area contributed by atoms with Gasteiger partial charge in [-0.3, -0.25) is 10.1 Å². The van der Waals surface area contributed by atoms with Crippen molar-refractivity contribution >= 4 is 23.3 Å². The molecule has 0 bridgehead atoms. The maximum Gasteiger partial charge on any atom is 0.345 e. The molecule has 0 fully saturated rings. The number of rotatable bonds is 6. The Balaban J connectivity index is 2.74. The van der Waals surface area contributed by atoms with Crippen LogP contribution in [0.1, 0.15) is 23.7 Å². The highest BCUT2D eigenvalue weighted by atomic mass is 35.5. The van der Waals surface area contributed by atoms with Crippen LogP contribution in [0.4, 0.5) is 5.69 Å². The molecule has 6 nitrogen and oxygen atoms in total. The van der Waals surface area contributed by atoms with E-state index in [1.165, 1.54) is 12.1 Å². The molecule has 0 aromatic heterocycles. The summed E-state index contributed by atoms with van der Waals surface area (Å²) >= 11 is 5.66. The van der Waals surface area contributed by atoms with Crippen LogP contribution in [0.25, 0.3) is 0 Å². The van der Waals surface area contributed by atoms with Crippen LogP contribution < -0.4 is 0 Å². The molecular weight excluding hydrogens is 274 g/mol. The Hall–Kier alpha value is -1.66. The molecule has 1 atom stereocenters. The topological polar surface area (TPSA) is 78.7 Å². The van der Waals surface area contributed by atoms with Gasteiger partial charge in [0.1, 0.15) is 5.56 Å². The number of nitro benzene ring substituents is 1. The lowest BCUT2D eigenvalue weighted by atomic mass is 10.2. The van der Waals surface area contributed by atoms with Crippen LogP contribution in [0.3, 0.4) is 0 Å². The van der Waals surface area contributed by atoms with Gasteiger partial charge in [-0.05, 0) is 19.1 Å². The molecule has 0 aliphatic heterocycles. The maximum atomic E-state index is 11.7. The zero-order valence-electron chi connectivity index (χ0n) is 10.6. The third-order valence-corrected chi connectivity index (χ3v) is 2.77. The summed E-state index contributed by atoms with van der Waals surface area (Å²) in [5.74, 6) is -0.744. The molecule has 1 aromatic rings. The largest absolute Gasteiger partial charge is 0.462 e. The van der Waals surface area contributed by atoms with Crippen LogP contribution in [0, 0.1) is 10.1 Å². The second-order valence-electron chi connectivity index (χ2n) is 3.89. The Morgan fingerprint density at radius 3 is 2.79 bits per heavy atom. The van der Waals surface area contributed by atoms with Crippen LogP contribution in [-0.2, 0) is 9.47 Å². The average molecular weight is 288 g/mol. The van der Waals surface area contributed by atoms with E-state index >= 15 is 0 Å². The maximum absolute atomic E-state index is 11.7. The van der Waals surface area contributed by atoms with Crippen molar-refractivity contribution in [1.29, 1.82) is 0 Å². The molecule has 0 saturated heterocycles. The van der Waals surface area contributed by atoms with Gasteiger partial charge < -0.3 is 9.47 Å². The van der Waals surface area contributed by atoms with Gasteiger partial charge in [0.2, 0.25) is 0 Å². The van der Waals surface area contributed by atoms with Crippen LogP contribution in [-0.4, -0.2) is 30.7 Å². The Bertz CT molecular complexity index is 477. The van der Waals surface area contributed by atoms with Crippen molar-refractivity contribution in [2.75, 3.05) is 13.7 Å². The molecule has 0 amide bonds. The number of carbonyl (C=O) groups is 1. The number of benzene rings is 1. The standard InChI is InChI=1S/C12H14ClNO5/c1-8(18-2)5-6-19-12(15)10-4-3-9(13)7-11(10)14(16)17/h3-4,7-8H,5-6H2,1-2H3/t8-/m0/s1. The first kappa shape index (κ1) is 15.4. The molecule has 0 aliphatic carbocycles. The third-order valence-electron chi connectivity index (χ3n) is 2.54. The quantitative estimate of drug-likeness (QED) is 0.457. The summed E-state index contributed by atoms with van der Waals surface area (Å²) in [5.41, 5.74) is -0.475. The van der Waals surface area contributed by atoms with Gasteiger partial charge in [0.25, 0.3) is 5.69 Å². The minimum absolute atomic E-state index is 0.0481. The number of methoxy groups -OCH3 is 1. The second kappa shape index (κ2) is 7.06. The van der Waals surface area contributed by atoms with E-state index in [4.69, 9.17) is 21.1 Å². The fraction of sp³-hybridized carbons (Fsp3) is 0.417. The van der Waals surface area contributed by atoms with E-state index in [2.05, 4.69) is 0 Å². The summed E-state index contributed by atoms with van der Waals surface area (Å²) < 4.78 is 9.96. The van der Waals surface area contributed by atoms with Crippen molar-refractivity contribution in [3.05, 3.63) is 38.9 Å². The lowest BCUT2D eigenvalue weighted by Gasteiger charge is -2.09. The SMILES string of the molecule is CO[C@@H](C)CCOC(=O)c1ccc(Cl)cc1[N+](=O)[O-]. The molecule has 0 unspecified atom stereocenters. The monoisotopic (exact) mass is 287 g/mol. The van der Waals surface area contributed by atoms with Crippen molar-refractivity contribution in [3.63, 3.8) is 0 Å². The molecule has 0 radical (unpaired) electrons. The summed E-state index contributed by atoms with van der Waals surface area (Å²) in [4.78, 5) is 21.9. The highest BCUT2D eigenvalue weighted by Gasteiger charge is 2.21. The number of nitro groups is 1. The molecule has 0 heterocycles. The Labute approximate surface area is 115 Å². The molecule has 19 heavy (non-hydrogen) atoms. The molecule has 1 rings (SSSR count). The number of ether oxygens (including phenoxy) is 2. The number of nitrogens with zero attached hydrogens (tertiary/aromatic N) is 1. The van der Waals surface area contributed by atoms with E-state index in [1.54, 1.807) is 7.11 Å². The van der Waals surface area contributed by atoms with Gasteiger partial charge in [0.05, 0.1) is 17.6 Å². The highest BCUT2D eigenvalue weighted by Crippen LogP contribution is 2.23. The zero-order valence-corrected chi connectivity index (χ0v) is 11.3. The predicted octanol–water partition coefficient (Wildman–Crippen LogP) is 2.83. The minimum atomic E-state index is -0.744. The predicted molar refractivity (Wildman–Crippen MR) is 69.5 cm³/mol. The van der Waals surface area contributed by atoms with Gasteiger partial charge >= 0.3 is 5.97 Å². The van der Waals surface area contributed by atoms with E-state index in [0.29, 0.717) is 6.42 Å². The van der Waals surface area contributed by atoms with Gasteiger partial charge in [-0.1, -0.05) is 11.6 Å². The van der Waals surface area contributed by atoms with Gasteiger partial charge in [-0.15, -0.1) is 0 Å². The van der Waals surface area contributed by atoms with Crippen LogP contribution in [0.15, 0.2) is 18.2 Å². The van der Waals surface area contributed by atoms with E-state index in [1.807, 2.05) is 6.92 Å². The Morgan fingerprint density at radius 2 is 2.21 bits per heavy atom. The highest BCUT2D eigenvalue weighted by molar-refractivity contribution is 6.31. The van der Waals surface area contributed by atoms with Gasteiger partial charge in [0.15, 0.2) is 0 Å². The molecule has 7 heteroatoms. The fourth-order valence-electron chi connectivity index (χ4n) is 1.34. The molecule has 0 saturated carbocycles. The molecule has 0 aliphatic rings. The molecular formula is C12H14ClNO5. The zero-order chi connectivity index (χ0) is 14.4. The van der Waals surface area contributed by atoms with Crippen LogP contribution >= 0.6 is 11.6 Å². The normalized spacial score (nSPS) is 11.9. The Morgan fingerprint density at radius 1 is 1.53 bits per heavy atom. The van der Waals surface area contributed by atoms with E-state index in [-0.39, 0.29) is 29.0 Å². The second-order valence-corrected chi connectivity index (χ2v) is 4.33. The molecule has 0 spiro atoms.